The predicted octanol–water partition coefficient (Wildman–Crippen LogP) is 4.00. The number of benzene rings is 2. The minimum absolute atomic E-state index is 0.120. The molecule has 2 heterocycles. The first-order chi connectivity index (χ1) is 15.4. The maximum atomic E-state index is 14.1. The lowest BCUT2D eigenvalue weighted by Crippen LogP contribution is -2.48. The quantitative estimate of drug-likeness (QED) is 0.450. The zero-order valence-electron chi connectivity index (χ0n) is 17.3. The molecule has 0 spiro atoms. The van der Waals surface area contributed by atoms with Gasteiger partial charge in [0.2, 0.25) is 0 Å². The van der Waals surface area contributed by atoms with E-state index < -0.39 is 0 Å². The normalized spacial score (nSPS) is 14.6. The highest BCUT2D eigenvalue weighted by Crippen LogP contribution is 2.22. The van der Waals surface area contributed by atoms with Crippen LogP contribution in [0.1, 0.15) is 15.9 Å². The highest BCUT2D eigenvalue weighted by atomic mass is 35.5. The molecule has 1 amide bonds. The molecular formula is C23H22ClFN4O2S. The number of rotatable bonds is 5. The summed E-state index contributed by atoms with van der Waals surface area (Å²) in [5, 5.41) is 0.868. The summed E-state index contributed by atoms with van der Waals surface area (Å²) < 4.78 is 15.8. The third-order valence-corrected chi connectivity index (χ3v) is 6.32. The number of hydrogen-bond acceptors (Lipinski definition) is 4. The molecule has 0 unspecified atom stereocenters. The van der Waals surface area contributed by atoms with E-state index in [0.717, 1.165) is 0 Å². The number of nitrogens with one attached hydrogen (secondary N) is 1. The van der Waals surface area contributed by atoms with Crippen molar-refractivity contribution >= 4 is 40.6 Å². The van der Waals surface area contributed by atoms with Crippen LogP contribution >= 0.6 is 23.8 Å². The molecule has 1 aliphatic heterocycles. The number of piperazine rings is 1. The summed E-state index contributed by atoms with van der Waals surface area (Å²) in [5.41, 5.74) is 1.26. The van der Waals surface area contributed by atoms with Gasteiger partial charge in [0.15, 0.2) is 4.77 Å². The van der Waals surface area contributed by atoms with Gasteiger partial charge in [-0.15, -0.1) is 6.58 Å². The molecule has 2 aromatic carbocycles. The van der Waals surface area contributed by atoms with E-state index >= 15 is 0 Å². The highest BCUT2D eigenvalue weighted by molar-refractivity contribution is 7.71. The third kappa shape index (κ3) is 4.39. The van der Waals surface area contributed by atoms with E-state index in [2.05, 4.69) is 16.5 Å². The first-order valence-corrected chi connectivity index (χ1v) is 11.0. The predicted molar refractivity (Wildman–Crippen MR) is 126 cm³/mol. The van der Waals surface area contributed by atoms with E-state index in [1.54, 1.807) is 41.3 Å². The Morgan fingerprint density at radius 2 is 1.97 bits per heavy atom. The number of carbonyl (C=O) groups excluding carboxylic acids is 1. The molecule has 0 radical (unpaired) electrons. The summed E-state index contributed by atoms with van der Waals surface area (Å²) >= 11 is 11.4. The number of H-pyrrole nitrogens is 1. The van der Waals surface area contributed by atoms with Crippen LogP contribution in [-0.4, -0.2) is 51.4 Å². The van der Waals surface area contributed by atoms with Gasteiger partial charge in [0, 0.05) is 55.4 Å². The summed E-state index contributed by atoms with van der Waals surface area (Å²) in [7, 11) is 0. The Morgan fingerprint density at radius 1 is 1.22 bits per heavy atom. The largest absolute Gasteiger partial charge is 0.336 e. The van der Waals surface area contributed by atoms with Gasteiger partial charge in [0.05, 0.1) is 10.9 Å². The topological polar surface area (TPSA) is 61.3 Å². The Kier molecular flexibility index (Phi) is 6.55. The molecule has 6 nitrogen and oxygen atoms in total. The molecule has 4 rings (SSSR count). The monoisotopic (exact) mass is 472 g/mol. The average Bonchev–Trinajstić information content (AvgIpc) is 2.79. The van der Waals surface area contributed by atoms with Gasteiger partial charge in [0.25, 0.3) is 11.5 Å². The first kappa shape index (κ1) is 22.4. The molecule has 1 saturated heterocycles. The Bertz CT molecular complexity index is 1290. The van der Waals surface area contributed by atoms with Gasteiger partial charge in [-0.1, -0.05) is 23.7 Å². The van der Waals surface area contributed by atoms with Crippen molar-refractivity contribution in [2.45, 2.75) is 13.1 Å². The second kappa shape index (κ2) is 9.36. The van der Waals surface area contributed by atoms with E-state index in [4.69, 9.17) is 23.8 Å². The Morgan fingerprint density at radius 3 is 2.66 bits per heavy atom. The summed E-state index contributed by atoms with van der Waals surface area (Å²) in [4.78, 5) is 32.6. The molecule has 0 atom stereocenters. The van der Waals surface area contributed by atoms with Crippen molar-refractivity contribution in [1.82, 2.24) is 19.4 Å². The fraction of sp³-hybridized carbons (Fsp3) is 0.261. The summed E-state index contributed by atoms with van der Waals surface area (Å²) in [5.74, 6) is -0.443. The van der Waals surface area contributed by atoms with E-state index in [1.165, 1.54) is 10.6 Å². The van der Waals surface area contributed by atoms with E-state index in [1.807, 2.05) is 0 Å². The lowest BCUT2D eigenvalue weighted by Gasteiger charge is -2.35. The average molecular weight is 473 g/mol. The molecule has 9 heteroatoms. The fourth-order valence-corrected chi connectivity index (χ4v) is 4.37. The number of hydrogen-bond donors (Lipinski definition) is 1. The highest BCUT2D eigenvalue weighted by Gasteiger charge is 2.24. The second-order valence-electron chi connectivity index (χ2n) is 7.66. The second-order valence-corrected chi connectivity index (χ2v) is 8.46. The molecule has 1 fully saturated rings. The summed E-state index contributed by atoms with van der Waals surface area (Å²) in [6.07, 6.45) is 1.61. The zero-order valence-corrected chi connectivity index (χ0v) is 18.9. The van der Waals surface area contributed by atoms with Crippen LogP contribution in [-0.2, 0) is 13.1 Å². The number of fused-ring (bicyclic) bond motifs is 1. The molecule has 0 aliphatic carbocycles. The fourth-order valence-electron chi connectivity index (χ4n) is 3.88. The van der Waals surface area contributed by atoms with Crippen molar-refractivity contribution in [2.24, 2.45) is 0 Å². The van der Waals surface area contributed by atoms with Gasteiger partial charge >= 0.3 is 0 Å². The van der Waals surface area contributed by atoms with Gasteiger partial charge in [0.1, 0.15) is 5.82 Å². The van der Waals surface area contributed by atoms with Crippen LogP contribution in [0.15, 0.2) is 53.8 Å². The van der Waals surface area contributed by atoms with Crippen LogP contribution in [0.4, 0.5) is 4.39 Å². The molecule has 166 valence electrons. The zero-order chi connectivity index (χ0) is 22.8. The van der Waals surface area contributed by atoms with Crippen molar-refractivity contribution in [2.75, 3.05) is 26.2 Å². The van der Waals surface area contributed by atoms with E-state index in [-0.39, 0.29) is 22.1 Å². The number of nitrogens with zero attached hydrogens (tertiary/aromatic N) is 3. The van der Waals surface area contributed by atoms with Crippen molar-refractivity contribution in [1.29, 1.82) is 0 Å². The third-order valence-electron chi connectivity index (χ3n) is 5.64. The maximum Gasteiger partial charge on any atom is 0.262 e. The van der Waals surface area contributed by atoms with Crippen LogP contribution in [0.3, 0.4) is 0 Å². The van der Waals surface area contributed by atoms with Crippen LogP contribution in [0.5, 0.6) is 0 Å². The molecule has 32 heavy (non-hydrogen) atoms. The van der Waals surface area contributed by atoms with Crippen molar-refractivity contribution < 1.29 is 9.18 Å². The number of aromatic amines is 1. The van der Waals surface area contributed by atoms with Crippen LogP contribution < -0.4 is 5.56 Å². The smallest absolute Gasteiger partial charge is 0.262 e. The summed E-state index contributed by atoms with van der Waals surface area (Å²) in [6.45, 7) is 6.61. The molecule has 1 aromatic heterocycles. The van der Waals surface area contributed by atoms with Gasteiger partial charge in [-0.3, -0.25) is 19.1 Å². The minimum atomic E-state index is -0.323. The Hall–Kier alpha value is -2.81. The standard InChI is InChI=1S/C23H22ClFN4O2S/c1-2-8-29-22(31)16-7-6-15(13-20(16)26-23(29)32)21(30)28-11-9-27(10-12-28)14-17-18(24)4-3-5-19(17)25/h2-7,13H,1,8-12,14H2,(H,26,32). The van der Waals surface area contributed by atoms with Gasteiger partial charge in [-0.2, -0.15) is 0 Å². The van der Waals surface area contributed by atoms with Gasteiger partial charge < -0.3 is 9.88 Å². The van der Waals surface area contributed by atoms with E-state index in [0.29, 0.717) is 66.3 Å². The number of halogens is 2. The molecular weight excluding hydrogens is 451 g/mol. The van der Waals surface area contributed by atoms with Crippen LogP contribution in [0.25, 0.3) is 10.9 Å². The lowest BCUT2D eigenvalue weighted by atomic mass is 10.1. The molecule has 0 bridgehead atoms. The van der Waals surface area contributed by atoms with Crippen molar-refractivity contribution in [3.63, 3.8) is 0 Å². The maximum absolute atomic E-state index is 14.1. The minimum Gasteiger partial charge on any atom is -0.336 e. The molecule has 1 aliphatic rings. The Balaban J connectivity index is 1.48. The molecule has 0 saturated carbocycles. The lowest BCUT2D eigenvalue weighted by molar-refractivity contribution is 0.0627. The first-order valence-electron chi connectivity index (χ1n) is 10.2. The SMILES string of the molecule is C=CCn1c(=S)[nH]c2cc(C(=O)N3CCN(Cc4c(F)cccc4Cl)CC3)ccc2c1=O. The Labute approximate surface area is 194 Å². The van der Waals surface area contributed by atoms with Crippen molar-refractivity contribution in [3.8, 4) is 0 Å². The van der Waals surface area contributed by atoms with Crippen molar-refractivity contribution in [3.05, 3.63) is 86.1 Å². The number of amides is 1. The summed E-state index contributed by atoms with van der Waals surface area (Å²) in [6, 6.07) is 9.63. The van der Waals surface area contributed by atoms with Gasteiger partial charge in [-0.25, -0.2) is 4.39 Å². The molecule has 3 aromatic rings. The van der Waals surface area contributed by atoms with E-state index in [9.17, 15) is 14.0 Å². The number of allylic oxidation sites excluding steroid dienone is 1. The number of aromatic nitrogens is 2. The van der Waals surface area contributed by atoms with Crippen LogP contribution in [0, 0.1) is 10.6 Å². The molecule has 1 N–H and O–H groups in total. The van der Waals surface area contributed by atoms with Gasteiger partial charge in [-0.05, 0) is 42.5 Å². The van der Waals surface area contributed by atoms with Crippen LogP contribution in [0.2, 0.25) is 5.02 Å². The number of carbonyl (C=O) groups is 1.